The third kappa shape index (κ3) is 5.76. The second-order valence-corrected chi connectivity index (χ2v) is 9.00. The van der Waals surface area contributed by atoms with Crippen LogP contribution < -0.4 is 11.1 Å². The maximum atomic E-state index is 13.9. The van der Waals surface area contributed by atoms with Crippen LogP contribution in [-0.4, -0.2) is 39.7 Å². The minimum absolute atomic E-state index is 0.0504. The number of rotatable bonds is 6. The molecule has 4 N–H and O–H groups in total. The lowest BCUT2D eigenvalue weighted by atomic mass is 9.86. The second-order valence-electron chi connectivity index (χ2n) is 9.00. The number of benzene rings is 2. The summed E-state index contributed by atoms with van der Waals surface area (Å²) in [4.78, 5) is 16.1. The van der Waals surface area contributed by atoms with Crippen LogP contribution in [0.3, 0.4) is 0 Å². The van der Waals surface area contributed by atoms with Crippen LogP contribution in [0.25, 0.3) is 10.9 Å². The summed E-state index contributed by atoms with van der Waals surface area (Å²) in [6, 6.07) is 5.35. The van der Waals surface area contributed by atoms with Crippen LogP contribution in [0.1, 0.15) is 42.1 Å². The third-order valence-electron chi connectivity index (χ3n) is 6.49. The first kappa shape index (κ1) is 27.0. The SMILES string of the molecule is NC=C(C=Nc1ccc2cn(C3CCC(CNC(=O)c4cc(F)c(O)c(F)c4F)CC3)nc2c1)C(F)(F)F. The summed E-state index contributed by atoms with van der Waals surface area (Å²) in [6.45, 7) is 0.175. The summed E-state index contributed by atoms with van der Waals surface area (Å²) in [5.74, 6) is -7.29. The molecule has 1 saturated carbocycles. The number of alkyl halides is 3. The number of amides is 1. The lowest BCUT2D eigenvalue weighted by molar-refractivity contribution is -0.0857. The van der Waals surface area contributed by atoms with Gasteiger partial charge in [0.25, 0.3) is 5.91 Å². The first-order valence-corrected chi connectivity index (χ1v) is 11.6. The summed E-state index contributed by atoms with van der Waals surface area (Å²) in [7, 11) is 0. The highest BCUT2D eigenvalue weighted by atomic mass is 19.4. The molecule has 7 nitrogen and oxygen atoms in total. The Morgan fingerprint density at radius 1 is 1.16 bits per heavy atom. The first-order valence-electron chi connectivity index (χ1n) is 11.6. The van der Waals surface area contributed by atoms with Crippen LogP contribution in [0.5, 0.6) is 5.75 Å². The number of aromatic hydroxyl groups is 1. The Balaban J connectivity index is 1.35. The number of aliphatic imine (C=N–C) groups is 1. The number of nitrogens with zero attached hydrogens (tertiary/aromatic N) is 3. The van der Waals surface area contributed by atoms with Crippen molar-refractivity contribution in [2.45, 2.75) is 37.9 Å². The number of nitrogens with two attached hydrogens (primary N) is 1. The van der Waals surface area contributed by atoms with Crippen molar-refractivity contribution in [1.82, 2.24) is 15.1 Å². The van der Waals surface area contributed by atoms with Crippen molar-refractivity contribution in [3.63, 3.8) is 0 Å². The number of halogens is 6. The smallest absolute Gasteiger partial charge is 0.419 e. The van der Waals surface area contributed by atoms with Gasteiger partial charge in [0.1, 0.15) is 0 Å². The Morgan fingerprint density at radius 3 is 2.53 bits per heavy atom. The fourth-order valence-electron chi connectivity index (χ4n) is 4.34. The van der Waals surface area contributed by atoms with Gasteiger partial charge in [0, 0.05) is 30.5 Å². The number of carbonyl (C=O) groups is 1. The summed E-state index contributed by atoms with van der Waals surface area (Å²) < 4.78 is 81.2. The molecule has 202 valence electrons. The number of nitrogens with one attached hydrogen (secondary N) is 1. The van der Waals surface area contributed by atoms with Crippen molar-refractivity contribution in [2.24, 2.45) is 16.6 Å². The fourth-order valence-corrected chi connectivity index (χ4v) is 4.34. The molecule has 0 aliphatic heterocycles. The van der Waals surface area contributed by atoms with Crippen LogP contribution in [0.2, 0.25) is 0 Å². The van der Waals surface area contributed by atoms with Crippen molar-refractivity contribution in [3.8, 4) is 5.75 Å². The van der Waals surface area contributed by atoms with E-state index in [-0.39, 0.29) is 24.2 Å². The molecule has 1 amide bonds. The van der Waals surface area contributed by atoms with Gasteiger partial charge >= 0.3 is 6.18 Å². The average Bonchev–Trinajstić information content (AvgIpc) is 3.31. The van der Waals surface area contributed by atoms with Crippen molar-refractivity contribution >= 4 is 28.7 Å². The molecule has 0 spiro atoms. The zero-order chi connectivity index (χ0) is 27.6. The summed E-state index contributed by atoms with van der Waals surface area (Å²) in [6.07, 6.45) is 1.16. The molecule has 0 radical (unpaired) electrons. The van der Waals surface area contributed by atoms with Crippen LogP contribution >= 0.6 is 0 Å². The minimum Gasteiger partial charge on any atom is -0.503 e. The standard InChI is InChI=1S/C25H23F6N5O2/c26-19-8-18(21(27)22(28)23(19)37)24(38)34-10-13-1-5-17(6-2-13)36-12-14-3-4-16(7-20(14)35-36)33-11-15(9-32)25(29,30)31/h3-4,7-9,11-13,17,37H,1-2,5-6,10,32H2,(H,34,38). The van der Waals surface area contributed by atoms with E-state index in [1.165, 1.54) is 0 Å². The van der Waals surface area contributed by atoms with E-state index < -0.39 is 46.4 Å². The van der Waals surface area contributed by atoms with E-state index in [4.69, 9.17) is 10.8 Å². The predicted octanol–water partition coefficient (Wildman–Crippen LogP) is 5.43. The Morgan fingerprint density at radius 2 is 1.87 bits per heavy atom. The molecule has 38 heavy (non-hydrogen) atoms. The lowest BCUT2D eigenvalue weighted by Gasteiger charge is -2.28. The second kappa shape index (κ2) is 10.8. The van der Waals surface area contributed by atoms with Crippen LogP contribution in [-0.2, 0) is 0 Å². The van der Waals surface area contributed by atoms with E-state index in [0.29, 0.717) is 49.7 Å². The number of hydrogen-bond donors (Lipinski definition) is 3. The third-order valence-corrected chi connectivity index (χ3v) is 6.49. The maximum Gasteiger partial charge on any atom is 0.419 e. The number of aromatic nitrogens is 2. The van der Waals surface area contributed by atoms with E-state index in [1.54, 1.807) is 22.9 Å². The minimum atomic E-state index is -4.61. The van der Waals surface area contributed by atoms with Gasteiger partial charge in [0.2, 0.25) is 5.82 Å². The molecular formula is C25H23F6N5O2. The Hall–Kier alpha value is -4.03. The van der Waals surface area contributed by atoms with Crippen molar-refractivity contribution in [3.05, 3.63) is 65.3 Å². The molecule has 1 aromatic heterocycles. The number of carbonyl (C=O) groups excluding carboxylic acids is 1. The van der Waals surface area contributed by atoms with Gasteiger partial charge in [-0.25, -0.2) is 8.78 Å². The van der Waals surface area contributed by atoms with E-state index in [2.05, 4.69) is 15.4 Å². The molecule has 1 aliphatic rings. The summed E-state index contributed by atoms with van der Waals surface area (Å²) >= 11 is 0. The molecule has 4 rings (SSSR count). The molecule has 1 fully saturated rings. The van der Waals surface area contributed by atoms with Gasteiger partial charge in [0.05, 0.1) is 28.4 Å². The zero-order valence-electron chi connectivity index (χ0n) is 19.8. The van der Waals surface area contributed by atoms with Crippen molar-refractivity contribution in [2.75, 3.05) is 6.54 Å². The van der Waals surface area contributed by atoms with Gasteiger partial charge in [-0.2, -0.15) is 22.7 Å². The quantitative estimate of drug-likeness (QED) is 0.221. The number of fused-ring (bicyclic) bond motifs is 1. The highest BCUT2D eigenvalue weighted by Crippen LogP contribution is 2.33. The van der Waals surface area contributed by atoms with Gasteiger partial charge in [-0.15, -0.1) is 0 Å². The highest BCUT2D eigenvalue weighted by molar-refractivity contribution is 5.94. The van der Waals surface area contributed by atoms with Crippen molar-refractivity contribution < 1.29 is 36.2 Å². The number of allylic oxidation sites excluding steroid dienone is 1. The molecule has 3 aromatic rings. The highest BCUT2D eigenvalue weighted by Gasteiger charge is 2.32. The monoisotopic (exact) mass is 539 g/mol. The topological polar surface area (TPSA) is 106 Å². The number of phenolic OH excluding ortho intramolecular Hbond substituents is 1. The number of hydrogen-bond acceptors (Lipinski definition) is 5. The average molecular weight is 539 g/mol. The molecule has 0 bridgehead atoms. The molecule has 0 unspecified atom stereocenters. The van der Waals surface area contributed by atoms with Gasteiger partial charge in [-0.1, -0.05) is 0 Å². The maximum absolute atomic E-state index is 13.9. The summed E-state index contributed by atoms with van der Waals surface area (Å²) in [5, 5.41) is 16.9. The van der Waals surface area contributed by atoms with Gasteiger partial charge in [0.15, 0.2) is 17.4 Å². The van der Waals surface area contributed by atoms with E-state index in [0.717, 1.165) is 5.39 Å². The molecule has 13 heteroatoms. The van der Waals surface area contributed by atoms with Crippen LogP contribution in [0, 0.1) is 23.4 Å². The molecule has 0 saturated heterocycles. The zero-order valence-corrected chi connectivity index (χ0v) is 19.8. The summed E-state index contributed by atoms with van der Waals surface area (Å²) in [5.41, 5.74) is 3.99. The van der Waals surface area contributed by atoms with Gasteiger partial charge in [-0.3, -0.25) is 14.5 Å². The number of phenols is 1. The molecule has 2 aromatic carbocycles. The van der Waals surface area contributed by atoms with E-state index in [9.17, 15) is 31.1 Å². The van der Waals surface area contributed by atoms with E-state index in [1.807, 2.05) is 6.20 Å². The predicted molar refractivity (Wildman–Crippen MR) is 128 cm³/mol. The van der Waals surface area contributed by atoms with Crippen LogP contribution in [0.4, 0.5) is 32.0 Å². The molecule has 1 aliphatic carbocycles. The fraction of sp³-hybridized carbons (Fsp3) is 0.320. The normalized spacial score (nSPS) is 18.8. The van der Waals surface area contributed by atoms with Gasteiger partial charge < -0.3 is 16.2 Å². The molecule has 1 heterocycles. The Labute approximate surface area is 212 Å². The van der Waals surface area contributed by atoms with Crippen molar-refractivity contribution in [1.29, 1.82) is 0 Å². The largest absolute Gasteiger partial charge is 0.503 e. The van der Waals surface area contributed by atoms with Gasteiger partial charge in [-0.05, 0) is 55.9 Å². The lowest BCUT2D eigenvalue weighted by Crippen LogP contribution is -2.32. The Bertz CT molecular complexity index is 1410. The van der Waals surface area contributed by atoms with E-state index >= 15 is 0 Å². The molecular weight excluding hydrogens is 516 g/mol. The van der Waals surface area contributed by atoms with Crippen LogP contribution in [0.15, 0.2) is 47.2 Å². The molecule has 0 atom stereocenters. The first-order chi connectivity index (χ1) is 18.0. The Kier molecular flexibility index (Phi) is 7.65.